The molecule has 2 aromatic carbocycles. The number of hydrogen-bond donors (Lipinski definition) is 1. The van der Waals surface area contributed by atoms with Crippen LogP contribution in [0.25, 0.3) is 0 Å². The number of thioether (sulfide) groups is 1. The maximum Gasteiger partial charge on any atom is 0.269 e. The van der Waals surface area contributed by atoms with Gasteiger partial charge in [0.2, 0.25) is 11.8 Å². The Labute approximate surface area is 191 Å². The summed E-state index contributed by atoms with van der Waals surface area (Å²) in [6.07, 6.45) is 0.755. The predicted molar refractivity (Wildman–Crippen MR) is 124 cm³/mol. The SMILES string of the molecule is CC[C@@H](C)NC(=O)[C@@H](C)N(Cc1ccccc1F)C(=O)CSCc1ccc([N+](=O)[O-])cc1. The fourth-order valence-electron chi connectivity index (χ4n) is 2.91. The number of carbonyl (C=O) groups is 2. The molecular weight excluding hydrogens is 433 g/mol. The molecule has 9 heteroatoms. The van der Waals surface area contributed by atoms with E-state index in [9.17, 15) is 24.1 Å². The number of non-ortho nitro benzene ring substituents is 1. The molecule has 1 N–H and O–H groups in total. The van der Waals surface area contributed by atoms with E-state index in [1.54, 1.807) is 37.3 Å². The molecule has 0 radical (unpaired) electrons. The van der Waals surface area contributed by atoms with Gasteiger partial charge in [-0.05, 0) is 31.9 Å². The molecule has 0 fully saturated rings. The van der Waals surface area contributed by atoms with Gasteiger partial charge in [0.05, 0.1) is 10.7 Å². The minimum Gasteiger partial charge on any atom is -0.352 e. The van der Waals surface area contributed by atoms with Crippen molar-refractivity contribution in [1.82, 2.24) is 10.2 Å². The van der Waals surface area contributed by atoms with Crippen molar-refractivity contribution in [2.24, 2.45) is 0 Å². The van der Waals surface area contributed by atoms with Gasteiger partial charge in [0.15, 0.2) is 0 Å². The molecule has 0 aromatic heterocycles. The summed E-state index contributed by atoms with van der Waals surface area (Å²) in [5, 5.41) is 13.6. The van der Waals surface area contributed by atoms with Gasteiger partial charge in [-0.15, -0.1) is 11.8 Å². The van der Waals surface area contributed by atoms with Gasteiger partial charge in [0.25, 0.3) is 5.69 Å². The molecule has 0 aliphatic heterocycles. The molecule has 0 unspecified atom stereocenters. The van der Waals surface area contributed by atoms with Crippen LogP contribution in [0, 0.1) is 15.9 Å². The van der Waals surface area contributed by atoms with Gasteiger partial charge >= 0.3 is 0 Å². The Bertz CT molecular complexity index is 939. The number of hydrogen-bond acceptors (Lipinski definition) is 5. The van der Waals surface area contributed by atoms with E-state index in [0.717, 1.165) is 12.0 Å². The summed E-state index contributed by atoms with van der Waals surface area (Å²) in [6.45, 7) is 5.45. The first kappa shape index (κ1) is 25.3. The Kier molecular flexibility index (Phi) is 9.64. The molecule has 172 valence electrons. The lowest BCUT2D eigenvalue weighted by atomic mass is 10.1. The van der Waals surface area contributed by atoms with Crippen molar-refractivity contribution in [3.63, 3.8) is 0 Å². The van der Waals surface area contributed by atoms with E-state index in [1.165, 1.54) is 34.9 Å². The zero-order valence-corrected chi connectivity index (χ0v) is 19.2. The lowest BCUT2D eigenvalue weighted by Gasteiger charge is -2.29. The third-order valence-corrected chi connectivity index (χ3v) is 6.10. The molecule has 2 aromatic rings. The fraction of sp³-hybridized carbons (Fsp3) is 0.391. The van der Waals surface area contributed by atoms with Crippen molar-refractivity contribution >= 4 is 29.3 Å². The Morgan fingerprint density at radius 3 is 2.41 bits per heavy atom. The number of nitro benzene ring substituents is 1. The van der Waals surface area contributed by atoms with E-state index in [4.69, 9.17) is 0 Å². The first-order valence-electron chi connectivity index (χ1n) is 10.4. The Morgan fingerprint density at radius 1 is 1.16 bits per heavy atom. The second-order valence-electron chi connectivity index (χ2n) is 7.52. The third-order valence-electron chi connectivity index (χ3n) is 5.11. The highest BCUT2D eigenvalue weighted by atomic mass is 32.2. The standard InChI is InChI=1S/C23H28FN3O4S/c1-4-16(2)25-23(29)17(3)26(13-19-7-5-6-8-21(19)24)22(28)15-32-14-18-9-11-20(12-10-18)27(30)31/h5-12,16-17H,4,13-15H2,1-3H3,(H,25,29)/t16-,17-/m1/s1. The largest absolute Gasteiger partial charge is 0.352 e. The topological polar surface area (TPSA) is 92.6 Å². The van der Waals surface area contributed by atoms with Gasteiger partial charge in [-0.1, -0.05) is 37.3 Å². The van der Waals surface area contributed by atoms with Crippen LogP contribution < -0.4 is 5.32 Å². The Hall–Kier alpha value is -2.94. The second-order valence-corrected chi connectivity index (χ2v) is 8.51. The van der Waals surface area contributed by atoms with Crippen molar-refractivity contribution in [3.8, 4) is 0 Å². The van der Waals surface area contributed by atoms with Crippen LogP contribution in [-0.2, 0) is 21.9 Å². The van der Waals surface area contributed by atoms with Gasteiger partial charge in [0, 0.05) is 36.0 Å². The first-order valence-corrected chi connectivity index (χ1v) is 11.5. The van der Waals surface area contributed by atoms with Crippen molar-refractivity contribution < 1.29 is 18.9 Å². The van der Waals surface area contributed by atoms with Gasteiger partial charge in [0.1, 0.15) is 11.9 Å². The highest BCUT2D eigenvalue weighted by molar-refractivity contribution is 7.99. The first-order chi connectivity index (χ1) is 15.2. The minimum absolute atomic E-state index is 0.00651. The van der Waals surface area contributed by atoms with Crippen LogP contribution >= 0.6 is 11.8 Å². The van der Waals surface area contributed by atoms with E-state index in [1.807, 2.05) is 13.8 Å². The third kappa shape index (κ3) is 7.33. The van der Waals surface area contributed by atoms with Crippen LogP contribution in [0.4, 0.5) is 10.1 Å². The molecule has 0 spiro atoms. The number of nitrogens with one attached hydrogen (secondary N) is 1. The smallest absolute Gasteiger partial charge is 0.269 e. The second kappa shape index (κ2) is 12.2. The average molecular weight is 462 g/mol. The molecule has 2 rings (SSSR count). The predicted octanol–water partition coefficient (Wildman–Crippen LogP) is 4.30. The molecule has 0 bridgehead atoms. The summed E-state index contributed by atoms with van der Waals surface area (Å²) in [5.41, 5.74) is 1.19. The highest BCUT2D eigenvalue weighted by Gasteiger charge is 2.27. The van der Waals surface area contributed by atoms with Crippen molar-refractivity contribution in [3.05, 3.63) is 75.6 Å². The zero-order chi connectivity index (χ0) is 23.7. The number of halogens is 1. The molecular formula is C23H28FN3O4S. The summed E-state index contributed by atoms with van der Waals surface area (Å²) in [4.78, 5) is 37.3. The fourth-order valence-corrected chi connectivity index (χ4v) is 3.78. The van der Waals surface area contributed by atoms with Gasteiger partial charge in [-0.3, -0.25) is 19.7 Å². The summed E-state index contributed by atoms with van der Waals surface area (Å²) in [6, 6.07) is 11.5. The zero-order valence-electron chi connectivity index (χ0n) is 18.4. The van der Waals surface area contributed by atoms with E-state index in [2.05, 4.69) is 5.32 Å². The van der Waals surface area contributed by atoms with Crippen molar-refractivity contribution in [2.75, 3.05) is 5.75 Å². The average Bonchev–Trinajstić information content (AvgIpc) is 2.78. The lowest BCUT2D eigenvalue weighted by Crippen LogP contribution is -2.50. The number of amides is 2. The quantitative estimate of drug-likeness (QED) is 0.398. The number of benzene rings is 2. The molecule has 0 saturated heterocycles. The van der Waals surface area contributed by atoms with Crippen molar-refractivity contribution in [2.45, 2.75) is 51.6 Å². The minimum atomic E-state index is -0.768. The maximum atomic E-state index is 14.2. The normalized spacial score (nSPS) is 12.6. The number of carbonyl (C=O) groups excluding carboxylic acids is 2. The Balaban J connectivity index is 2.07. The Morgan fingerprint density at radius 2 is 1.81 bits per heavy atom. The number of rotatable bonds is 11. The summed E-state index contributed by atoms with van der Waals surface area (Å²) in [7, 11) is 0. The number of nitrogens with zero attached hydrogens (tertiary/aromatic N) is 2. The van der Waals surface area contributed by atoms with Crippen LogP contribution in [0.5, 0.6) is 0 Å². The molecule has 32 heavy (non-hydrogen) atoms. The van der Waals surface area contributed by atoms with Crippen LogP contribution in [0.1, 0.15) is 38.3 Å². The monoisotopic (exact) mass is 461 g/mol. The summed E-state index contributed by atoms with van der Waals surface area (Å²) in [5.74, 6) is -0.438. The van der Waals surface area contributed by atoms with Crippen LogP contribution in [-0.4, -0.2) is 39.5 Å². The van der Waals surface area contributed by atoms with Crippen LogP contribution in [0.3, 0.4) is 0 Å². The van der Waals surface area contributed by atoms with Crippen LogP contribution in [0.2, 0.25) is 0 Å². The highest BCUT2D eigenvalue weighted by Crippen LogP contribution is 2.19. The molecule has 2 atom stereocenters. The summed E-state index contributed by atoms with van der Waals surface area (Å²) >= 11 is 1.33. The van der Waals surface area contributed by atoms with E-state index < -0.39 is 16.8 Å². The maximum absolute atomic E-state index is 14.2. The van der Waals surface area contributed by atoms with E-state index >= 15 is 0 Å². The molecule has 0 saturated carbocycles. The summed E-state index contributed by atoms with van der Waals surface area (Å²) < 4.78 is 14.2. The number of nitro groups is 1. The van der Waals surface area contributed by atoms with Gasteiger partial charge in [-0.2, -0.15) is 0 Å². The molecule has 7 nitrogen and oxygen atoms in total. The lowest BCUT2D eigenvalue weighted by molar-refractivity contribution is -0.384. The molecule has 2 amide bonds. The van der Waals surface area contributed by atoms with Crippen LogP contribution in [0.15, 0.2) is 48.5 Å². The van der Waals surface area contributed by atoms with Gasteiger partial charge in [-0.25, -0.2) is 4.39 Å². The molecule has 0 heterocycles. The van der Waals surface area contributed by atoms with E-state index in [0.29, 0.717) is 11.3 Å². The van der Waals surface area contributed by atoms with E-state index in [-0.39, 0.29) is 35.8 Å². The molecule has 0 aliphatic carbocycles. The van der Waals surface area contributed by atoms with Crippen molar-refractivity contribution in [1.29, 1.82) is 0 Å². The molecule has 0 aliphatic rings. The van der Waals surface area contributed by atoms with Gasteiger partial charge < -0.3 is 10.2 Å².